The van der Waals surface area contributed by atoms with Gasteiger partial charge in [-0.1, -0.05) is 29.3 Å². The maximum absolute atomic E-state index is 12.1. The summed E-state index contributed by atoms with van der Waals surface area (Å²) in [6.45, 7) is 1.76. The molecule has 0 saturated carbocycles. The topological polar surface area (TPSA) is 75.7 Å². The van der Waals surface area contributed by atoms with Crippen LogP contribution in [0.5, 0.6) is 5.75 Å². The summed E-state index contributed by atoms with van der Waals surface area (Å²) in [7, 11) is -0.588. The number of hydrogen-bond donors (Lipinski definition) is 1. The Bertz CT molecular complexity index is 946. The number of benzene rings is 2. The van der Waals surface area contributed by atoms with Crippen LogP contribution in [-0.2, 0) is 21.4 Å². The lowest BCUT2D eigenvalue weighted by Gasteiger charge is -2.14. The van der Waals surface area contributed by atoms with Crippen molar-refractivity contribution in [2.24, 2.45) is 0 Å². The maximum Gasteiger partial charge on any atom is 0.258 e. The van der Waals surface area contributed by atoms with E-state index in [1.807, 2.05) is 0 Å². The fraction of sp³-hybridized carbons (Fsp3) is 0.278. The molecule has 0 saturated heterocycles. The smallest absolute Gasteiger partial charge is 0.258 e. The number of sulfonamides is 1. The Morgan fingerprint density at radius 1 is 1.15 bits per heavy atom. The van der Waals surface area contributed by atoms with Gasteiger partial charge < -0.3 is 10.1 Å². The summed E-state index contributed by atoms with van der Waals surface area (Å²) in [4.78, 5) is 12.2. The lowest BCUT2D eigenvalue weighted by atomic mass is 10.2. The molecule has 0 aliphatic rings. The molecule has 0 radical (unpaired) electrons. The van der Waals surface area contributed by atoms with E-state index in [2.05, 4.69) is 5.32 Å². The van der Waals surface area contributed by atoms with Gasteiger partial charge in [-0.3, -0.25) is 4.79 Å². The molecule has 0 unspecified atom stereocenters. The van der Waals surface area contributed by atoms with Crippen LogP contribution in [-0.4, -0.2) is 39.3 Å². The van der Waals surface area contributed by atoms with E-state index < -0.39 is 10.0 Å². The predicted octanol–water partition coefficient (Wildman–Crippen LogP) is 3.25. The van der Waals surface area contributed by atoms with Gasteiger partial charge in [0.2, 0.25) is 10.0 Å². The molecule has 0 aliphatic heterocycles. The molecule has 1 amide bonds. The normalized spacial score (nSPS) is 11.5. The van der Waals surface area contributed by atoms with Crippen LogP contribution in [0.15, 0.2) is 41.3 Å². The number of carbonyl (C=O) groups excluding carboxylic acids is 1. The number of ether oxygens (including phenoxy) is 1. The van der Waals surface area contributed by atoms with Crippen LogP contribution in [0.4, 0.5) is 0 Å². The number of nitrogens with one attached hydrogen (secondary N) is 1. The first-order valence-corrected chi connectivity index (χ1v) is 10.2. The van der Waals surface area contributed by atoms with Gasteiger partial charge in [-0.25, -0.2) is 12.7 Å². The molecular formula is C18H20Cl2N2O4S. The zero-order valence-corrected chi connectivity index (χ0v) is 17.5. The lowest BCUT2D eigenvalue weighted by Crippen LogP contribution is -2.28. The van der Waals surface area contributed by atoms with Gasteiger partial charge in [-0.05, 0) is 48.4 Å². The van der Waals surface area contributed by atoms with Crippen molar-refractivity contribution in [2.75, 3.05) is 20.7 Å². The molecule has 0 atom stereocenters. The fourth-order valence-electron chi connectivity index (χ4n) is 2.21. The monoisotopic (exact) mass is 430 g/mol. The molecule has 9 heteroatoms. The summed E-state index contributed by atoms with van der Waals surface area (Å²) >= 11 is 11.9. The van der Waals surface area contributed by atoms with E-state index in [0.29, 0.717) is 21.4 Å². The van der Waals surface area contributed by atoms with E-state index in [1.54, 1.807) is 25.1 Å². The Labute approximate surface area is 169 Å². The highest BCUT2D eigenvalue weighted by Gasteiger charge is 2.18. The first-order valence-electron chi connectivity index (χ1n) is 7.98. The SMILES string of the molecule is Cc1cc(S(=O)(=O)N(C)C)ccc1OCC(=O)NCc1ccc(Cl)cc1Cl. The summed E-state index contributed by atoms with van der Waals surface area (Å²) in [5, 5.41) is 3.70. The number of hydrogen-bond acceptors (Lipinski definition) is 4. The fourth-order valence-corrected chi connectivity index (χ4v) is 3.67. The maximum atomic E-state index is 12.1. The van der Waals surface area contributed by atoms with Crippen LogP contribution in [0, 0.1) is 6.92 Å². The average Bonchev–Trinajstić information content (AvgIpc) is 2.59. The molecule has 0 aliphatic carbocycles. The van der Waals surface area contributed by atoms with E-state index in [-0.39, 0.29) is 24.0 Å². The minimum Gasteiger partial charge on any atom is -0.484 e. The third-order valence-electron chi connectivity index (χ3n) is 3.77. The van der Waals surface area contributed by atoms with E-state index in [9.17, 15) is 13.2 Å². The van der Waals surface area contributed by atoms with Crippen LogP contribution in [0.1, 0.15) is 11.1 Å². The first kappa shape index (κ1) is 21.5. The number of carbonyl (C=O) groups is 1. The Hall–Kier alpha value is -1.80. The van der Waals surface area contributed by atoms with Gasteiger partial charge in [0.15, 0.2) is 6.61 Å². The molecule has 6 nitrogen and oxygen atoms in total. The summed E-state index contributed by atoms with van der Waals surface area (Å²) in [5.74, 6) is 0.109. The highest BCUT2D eigenvalue weighted by Crippen LogP contribution is 2.23. The predicted molar refractivity (Wildman–Crippen MR) is 106 cm³/mol. The van der Waals surface area contributed by atoms with Gasteiger partial charge in [0.25, 0.3) is 5.91 Å². The zero-order chi connectivity index (χ0) is 20.2. The molecule has 146 valence electrons. The second-order valence-corrected chi connectivity index (χ2v) is 9.01. The number of halogens is 2. The molecule has 0 bridgehead atoms. The highest BCUT2D eigenvalue weighted by molar-refractivity contribution is 7.89. The van der Waals surface area contributed by atoms with Crippen molar-refractivity contribution in [3.63, 3.8) is 0 Å². The van der Waals surface area contributed by atoms with E-state index in [1.165, 1.54) is 32.3 Å². The summed E-state index contributed by atoms with van der Waals surface area (Å²) in [6, 6.07) is 9.53. The second-order valence-electron chi connectivity index (χ2n) is 6.02. The second kappa shape index (κ2) is 8.93. The first-order chi connectivity index (χ1) is 12.6. The molecule has 0 heterocycles. The number of nitrogens with zero attached hydrogens (tertiary/aromatic N) is 1. The van der Waals surface area contributed by atoms with E-state index in [0.717, 1.165) is 9.87 Å². The third kappa shape index (κ3) is 5.59. The molecular weight excluding hydrogens is 411 g/mol. The van der Waals surface area contributed by atoms with Crippen LogP contribution in [0.3, 0.4) is 0 Å². The van der Waals surface area contributed by atoms with Crippen molar-refractivity contribution in [3.8, 4) is 5.75 Å². The van der Waals surface area contributed by atoms with Crippen molar-refractivity contribution >= 4 is 39.1 Å². The minimum absolute atomic E-state index is 0.166. The van der Waals surface area contributed by atoms with Gasteiger partial charge in [-0.2, -0.15) is 0 Å². The van der Waals surface area contributed by atoms with Crippen molar-refractivity contribution in [3.05, 3.63) is 57.6 Å². The Kier molecular flexibility index (Phi) is 7.11. The standard InChI is InChI=1S/C18H20Cl2N2O4S/c1-12-8-15(27(24,25)22(2)3)6-7-17(12)26-11-18(23)21-10-13-4-5-14(19)9-16(13)20/h4-9H,10-11H2,1-3H3,(H,21,23). The molecule has 2 aromatic carbocycles. The molecule has 0 spiro atoms. The minimum atomic E-state index is -3.52. The van der Waals surface area contributed by atoms with E-state index >= 15 is 0 Å². The Balaban J connectivity index is 1.95. The molecule has 0 fully saturated rings. The van der Waals surface area contributed by atoms with Gasteiger partial charge in [0.1, 0.15) is 5.75 Å². The van der Waals surface area contributed by atoms with Crippen molar-refractivity contribution in [1.29, 1.82) is 0 Å². The van der Waals surface area contributed by atoms with Gasteiger partial charge in [0.05, 0.1) is 4.90 Å². The number of amides is 1. The third-order valence-corrected chi connectivity index (χ3v) is 6.17. The number of aryl methyl sites for hydroxylation is 1. The summed E-state index contributed by atoms with van der Waals surface area (Å²) in [5.41, 5.74) is 1.36. The van der Waals surface area contributed by atoms with Gasteiger partial charge >= 0.3 is 0 Å². The molecule has 2 aromatic rings. The average molecular weight is 431 g/mol. The molecule has 2 rings (SSSR count). The van der Waals surface area contributed by atoms with E-state index in [4.69, 9.17) is 27.9 Å². The Morgan fingerprint density at radius 2 is 1.85 bits per heavy atom. The van der Waals surface area contributed by atoms with Crippen LogP contribution in [0.25, 0.3) is 0 Å². The lowest BCUT2D eigenvalue weighted by molar-refractivity contribution is -0.123. The molecule has 1 N–H and O–H groups in total. The van der Waals surface area contributed by atoms with Gasteiger partial charge in [-0.15, -0.1) is 0 Å². The summed E-state index contributed by atoms with van der Waals surface area (Å²) in [6.07, 6.45) is 0. The van der Waals surface area contributed by atoms with Crippen molar-refractivity contribution in [2.45, 2.75) is 18.4 Å². The van der Waals surface area contributed by atoms with Crippen LogP contribution < -0.4 is 10.1 Å². The van der Waals surface area contributed by atoms with Crippen molar-refractivity contribution < 1.29 is 17.9 Å². The Morgan fingerprint density at radius 3 is 2.44 bits per heavy atom. The molecule has 0 aromatic heterocycles. The number of rotatable bonds is 7. The quantitative estimate of drug-likeness (QED) is 0.731. The highest BCUT2D eigenvalue weighted by atomic mass is 35.5. The largest absolute Gasteiger partial charge is 0.484 e. The summed E-state index contributed by atoms with van der Waals surface area (Å²) < 4.78 is 30.9. The van der Waals surface area contributed by atoms with Gasteiger partial charge in [0, 0.05) is 30.7 Å². The van der Waals surface area contributed by atoms with Crippen LogP contribution in [0.2, 0.25) is 10.0 Å². The van der Waals surface area contributed by atoms with Crippen molar-refractivity contribution in [1.82, 2.24) is 9.62 Å². The van der Waals surface area contributed by atoms with Crippen LogP contribution >= 0.6 is 23.2 Å². The zero-order valence-electron chi connectivity index (χ0n) is 15.1. The molecule has 27 heavy (non-hydrogen) atoms.